The lowest BCUT2D eigenvalue weighted by Crippen LogP contribution is -1.86. The van der Waals surface area contributed by atoms with Gasteiger partial charge < -0.3 is 10.7 Å². The molecule has 0 saturated heterocycles. The van der Waals surface area contributed by atoms with Gasteiger partial charge in [0.25, 0.3) is 0 Å². The Morgan fingerprint density at radius 2 is 1.93 bits per heavy atom. The van der Waals surface area contributed by atoms with Crippen molar-refractivity contribution in [1.82, 2.24) is 9.97 Å². The van der Waals surface area contributed by atoms with Crippen molar-refractivity contribution in [1.29, 1.82) is 0 Å². The van der Waals surface area contributed by atoms with E-state index in [0.29, 0.717) is 5.95 Å². The van der Waals surface area contributed by atoms with Crippen molar-refractivity contribution >= 4 is 5.95 Å². The number of benzene rings is 1. The van der Waals surface area contributed by atoms with Crippen molar-refractivity contribution < 1.29 is 0 Å². The highest BCUT2D eigenvalue weighted by Crippen LogP contribution is 2.24. The molecule has 1 heterocycles. The number of anilines is 1. The maximum Gasteiger partial charge on any atom is 0.198 e. The number of aromatic amines is 1. The molecule has 72 valence electrons. The van der Waals surface area contributed by atoms with Crippen LogP contribution >= 0.6 is 0 Å². The van der Waals surface area contributed by atoms with Gasteiger partial charge in [0.2, 0.25) is 0 Å². The van der Waals surface area contributed by atoms with Crippen LogP contribution in [0.25, 0.3) is 11.3 Å². The number of hydrogen-bond acceptors (Lipinski definition) is 2. The number of nitrogens with zero attached hydrogens (tertiary/aromatic N) is 1. The highest BCUT2D eigenvalue weighted by molar-refractivity contribution is 5.66. The molecule has 0 radical (unpaired) electrons. The number of aromatic nitrogens is 2. The molecule has 0 unspecified atom stereocenters. The van der Waals surface area contributed by atoms with Crippen molar-refractivity contribution in [3.8, 4) is 11.3 Å². The summed E-state index contributed by atoms with van der Waals surface area (Å²) >= 11 is 0. The molecule has 14 heavy (non-hydrogen) atoms. The number of aryl methyl sites for hydroxylation is 2. The van der Waals surface area contributed by atoms with Gasteiger partial charge in [-0.25, -0.2) is 4.98 Å². The number of nitrogens with two attached hydrogens (primary N) is 1. The minimum absolute atomic E-state index is 0.473. The average Bonchev–Trinajstić information content (AvgIpc) is 2.46. The van der Waals surface area contributed by atoms with Gasteiger partial charge >= 0.3 is 0 Å². The number of hydrogen-bond donors (Lipinski definition) is 2. The maximum absolute atomic E-state index is 5.60. The predicted molar refractivity (Wildman–Crippen MR) is 57.9 cm³/mol. The standard InChI is InChI=1S/C11H13N3/c1-7-5-3-4-6-9(7)10-8(2)13-11(12)14-10/h3-6H,1-2H3,(H3,12,13,14). The molecule has 2 aromatic rings. The molecular formula is C11H13N3. The van der Waals surface area contributed by atoms with E-state index in [1.54, 1.807) is 0 Å². The molecule has 3 nitrogen and oxygen atoms in total. The minimum Gasteiger partial charge on any atom is -0.369 e. The van der Waals surface area contributed by atoms with Gasteiger partial charge in [0.15, 0.2) is 5.95 Å². The molecule has 0 atom stereocenters. The van der Waals surface area contributed by atoms with Crippen LogP contribution in [0.15, 0.2) is 24.3 Å². The van der Waals surface area contributed by atoms with Crippen LogP contribution in [0.5, 0.6) is 0 Å². The molecule has 0 fully saturated rings. The fourth-order valence-corrected chi connectivity index (χ4v) is 1.58. The van der Waals surface area contributed by atoms with Crippen molar-refractivity contribution in [2.45, 2.75) is 13.8 Å². The van der Waals surface area contributed by atoms with Gasteiger partial charge in [-0.05, 0) is 19.4 Å². The molecule has 1 aromatic carbocycles. The predicted octanol–water partition coefficient (Wildman–Crippen LogP) is 2.28. The Morgan fingerprint density at radius 3 is 2.50 bits per heavy atom. The summed E-state index contributed by atoms with van der Waals surface area (Å²) in [6.45, 7) is 4.05. The summed E-state index contributed by atoms with van der Waals surface area (Å²) in [5, 5.41) is 0. The van der Waals surface area contributed by atoms with Gasteiger partial charge in [0.1, 0.15) is 0 Å². The molecule has 0 amide bonds. The van der Waals surface area contributed by atoms with Gasteiger partial charge in [-0.2, -0.15) is 0 Å². The Hall–Kier alpha value is -1.77. The Morgan fingerprint density at radius 1 is 1.21 bits per heavy atom. The van der Waals surface area contributed by atoms with E-state index < -0.39 is 0 Å². The number of nitrogen functional groups attached to an aromatic ring is 1. The molecule has 1 aromatic heterocycles. The summed E-state index contributed by atoms with van der Waals surface area (Å²) in [4.78, 5) is 7.26. The number of nitrogens with one attached hydrogen (secondary N) is 1. The monoisotopic (exact) mass is 187 g/mol. The summed E-state index contributed by atoms with van der Waals surface area (Å²) < 4.78 is 0. The second-order valence-electron chi connectivity index (χ2n) is 3.41. The van der Waals surface area contributed by atoms with Gasteiger partial charge in [0, 0.05) is 11.3 Å². The van der Waals surface area contributed by atoms with E-state index in [2.05, 4.69) is 29.0 Å². The van der Waals surface area contributed by atoms with E-state index in [9.17, 15) is 0 Å². The molecular weight excluding hydrogens is 174 g/mol. The first-order valence-electron chi connectivity index (χ1n) is 4.56. The summed E-state index contributed by atoms with van der Waals surface area (Å²) in [5.41, 5.74) is 9.90. The highest BCUT2D eigenvalue weighted by Gasteiger charge is 2.08. The van der Waals surface area contributed by atoms with Crippen LogP contribution in [0.2, 0.25) is 0 Å². The lowest BCUT2D eigenvalue weighted by Gasteiger charge is -2.02. The average molecular weight is 187 g/mol. The van der Waals surface area contributed by atoms with Crippen molar-refractivity contribution in [3.63, 3.8) is 0 Å². The second kappa shape index (κ2) is 3.18. The van der Waals surface area contributed by atoms with Crippen LogP contribution in [-0.2, 0) is 0 Å². The molecule has 0 saturated carbocycles. The third-order valence-corrected chi connectivity index (χ3v) is 2.30. The zero-order chi connectivity index (χ0) is 10.1. The van der Waals surface area contributed by atoms with E-state index in [0.717, 1.165) is 17.0 Å². The summed E-state index contributed by atoms with van der Waals surface area (Å²) in [5.74, 6) is 0.473. The lowest BCUT2D eigenvalue weighted by molar-refractivity contribution is 1.26. The van der Waals surface area contributed by atoms with Crippen LogP contribution in [-0.4, -0.2) is 9.97 Å². The smallest absolute Gasteiger partial charge is 0.198 e. The summed E-state index contributed by atoms with van der Waals surface area (Å²) in [6.07, 6.45) is 0. The Labute approximate surface area is 83.0 Å². The largest absolute Gasteiger partial charge is 0.369 e. The Bertz CT molecular complexity index is 457. The van der Waals surface area contributed by atoms with Crippen molar-refractivity contribution in [2.75, 3.05) is 5.73 Å². The SMILES string of the molecule is Cc1ccccc1-c1nc(N)[nH]c1C. The fraction of sp³-hybridized carbons (Fsp3) is 0.182. The highest BCUT2D eigenvalue weighted by atomic mass is 15.0. The van der Waals surface area contributed by atoms with E-state index in [4.69, 9.17) is 5.73 Å². The van der Waals surface area contributed by atoms with Crippen molar-refractivity contribution in [3.05, 3.63) is 35.5 Å². The molecule has 0 aliphatic heterocycles. The quantitative estimate of drug-likeness (QED) is 0.719. The van der Waals surface area contributed by atoms with Gasteiger partial charge in [-0.3, -0.25) is 0 Å². The first-order valence-corrected chi connectivity index (χ1v) is 4.56. The number of H-pyrrole nitrogens is 1. The Kier molecular flexibility index (Phi) is 2.00. The van der Waals surface area contributed by atoms with Crippen LogP contribution in [0, 0.1) is 13.8 Å². The molecule has 0 spiro atoms. The Balaban J connectivity index is 2.60. The third kappa shape index (κ3) is 1.37. The normalized spacial score (nSPS) is 10.4. The number of imidazole rings is 1. The topological polar surface area (TPSA) is 54.7 Å². The van der Waals surface area contributed by atoms with Crippen molar-refractivity contribution in [2.24, 2.45) is 0 Å². The lowest BCUT2D eigenvalue weighted by atomic mass is 10.1. The summed E-state index contributed by atoms with van der Waals surface area (Å²) in [6, 6.07) is 8.15. The fourth-order valence-electron chi connectivity index (χ4n) is 1.58. The summed E-state index contributed by atoms with van der Waals surface area (Å²) in [7, 11) is 0. The second-order valence-corrected chi connectivity index (χ2v) is 3.41. The minimum atomic E-state index is 0.473. The van der Waals surface area contributed by atoms with Crippen LogP contribution in [0.3, 0.4) is 0 Å². The molecule has 0 bridgehead atoms. The van der Waals surface area contributed by atoms with E-state index in [-0.39, 0.29) is 0 Å². The van der Waals surface area contributed by atoms with E-state index >= 15 is 0 Å². The zero-order valence-electron chi connectivity index (χ0n) is 8.33. The molecule has 3 N–H and O–H groups in total. The van der Waals surface area contributed by atoms with Crippen LogP contribution in [0.1, 0.15) is 11.3 Å². The first kappa shape index (κ1) is 8.81. The molecule has 3 heteroatoms. The number of rotatable bonds is 1. The maximum atomic E-state index is 5.60. The molecule has 0 aliphatic rings. The zero-order valence-corrected chi connectivity index (χ0v) is 8.33. The van der Waals surface area contributed by atoms with Gasteiger partial charge in [-0.1, -0.05) is 24.3 Å². The van der Waals surface area contributed by atoms with Crippen LogP contribution in [0.4, 0.5) is 5.95 Å². The third-order valence-electron chi connectivity index (χ3n) is 2.30. The van der Waals surface area contributed by atoms with Crippen LogP contribution < -0.4 is 5.73 Å². The van der Waals surface area contributed by atoms with Gasteiger partial charge in [-0.15, -0.1) is 0 Å². The molecule has 0 aliphatic carbocycles. The molecule has 2 rings (SSSR count). The van der Waals surface area contributed by atoms with E-state index in [1.165, 1.54) is 5.56 Å². The van der Waals surface area contributed by atoms with Gasteiger partial charge in [0.05, 0.1) is 5.69 Å². The van der Waals surface area contributed by atoms with E-state index in [1.807, 2.05) is 19.1 Å². The first-order chi connectivity index (χ1) is 6.68.